The fourth-order valence-corrected chi connectivity index (χ4v) is 4.08. The standard InChI is InChI=1S/C25H33ClN2O3S/c1-5-18(2)27-25(30)19(3)28(17-20-8-6-9-22(16-20)31-4)24(29)10-7-15-32-23-13-11-21(26)12-14-23/h6,8-9,11-14,16,18-19H,5,7,10,15,17H2,1-4H3,(H,27,30). The van der Waals surface area contributed by atoms with Gasteiger partial charge in [-0.15, -0.1) is 11.8 Å². The highest BCUT2D eigenvalue weighted by Crippen LogP contribution is 2.22. The van der Waals surface area contributed by atoms with Crippen LogP contribution in [0.5, 0.6) is 5.75 Å². The van der Waals surface area contributed by atoms with Crippen LogP contribution in [0.2, 0.25) is 5.02 Å². The predicted molar refractivity (Wildman–Crippen MR) is 132 cm³/mol. The van der Waals surface area contributed by atoms with Crippen LogP contribution in [0.25, 0.3) is 0 Å². The zero-order chi connectivity index (χ0) is 23.5. The minimum Gasteiger partial charge on any atom is -0.497 e. The Morgan fingerprint density at radius 3 is 2.53 bits per heavy atom. The van der Waals surface area contributed by atoms with Gasteiger partial charge in [-0.05, 0) is 74.4 Å². The summed E-state index contributed by atoms with van der Waals surface area (Å²) in [4.78, 5) is 28.7. The fraction of sp³-hybridized carbons (Fsp3) is 0.440. The molecular weight excluding hydrogens is 444 g/mol. The summed E-state index contributed by atoms with van der Waals surface area (Å²) in [5.41, 5.74) is 0.927. The number of hydrogen-bond acceptors (Lipinski definition) is 4. The topological polar surface area (TPSA) is 58.6 Å². The third-order valence-electron chi connectivity index (χ3n) is 5.27. The van der Waals surface area contributed by atoms with Gasteiger partial charge in [0.05, 0.1) is 7.11 Å². The van der Waals surface area contributed by atoms with Crippen LogP contribution in [0.3, 0.4) is 0 Å². The molecule has 0 aliphatic rings. The van der Waals surface area contributed by atoms with Crippen LogP contribution < -0.4 is 10.1 Å². The molecule has 2 aromatic carbocycles. The van der Waals surface area contributed by atoms with E-state index in [9.17, 15) is 9.59 Å². The van der Waals surface area contributed by atoms with Crippen molar-refractivity contribution in [2.45, 2.75) is 63.6 Å². The van der Waals surface area contributed by atoms with E-state index in [1.807, 2.05) is 62.4 Å². The Morgan fingerprint density at radius 2 is 1.88 bits per heavy atom. The van der Waals surface area contributed by atoms with Gasteiger partial charge in [0.15, 0.2) is 0 Å². The molecule has 5 nitrogen and oxygen atoms in total. The van der Waals surface area contributed by atoms with E-state index in [-0.39, 0.29) is 17.9 Å². The van der Waals surface area contributed by atoms with Crippen molar-refractivity contribution >= 4 is 35.2 Å². The molecule has 0 fully saturated rings. The van der Waals surface area contributed by atoms with Crippen LogP contribution in [0.1, 0.15) is 45.6 Å². The van der Waals surface area contributed by atoms with Crippen molar-refractivity contribution in [3.05, 3.63) is 59.1 Å². The molecule has 2 aromatic rings. The number of methoxy groups -OCH3 is 1. The number of nitrogens with one attached hydrogen (secondary N) is 1. The van der Waals surface area contributed by atoms with Crippen molar-refractivity contribution in [3.8, 4) is 5.75 Å². The first kappa shape index (κ1) is 26.1. The van der Waals surface area contributed by atoms with Gasteiger partial charge in [-0.1, -0.05) is 30.7 Å². The number of ether oxygens (including phenoxy) is 1. The SMILES string of the molecule is CCC(C)NC(=O)C(C)N(Cc1cccc(OC)c1)C(=O)CCCSc1ccc(Cl)cc1. The van der Waals surface area contributed by atoms with Gasteiger partial charge >= 0.3 is 0 Å². The molecule has 32 heavy (non-hydrogen) atoms. The van der Waals surface area contributed by atoms with Crippen LogP contribution in [-0.4, -0.2) is 41.7 Å². The molecule has 0 saturated carbocycles. The molecule has 7 heteroatoms. The Hall–Kier alpha value is -2.18. The molecule has 2 rings (SSSR count). The maximum absolute atomic E-state index is 13.1. The number of amides is 2. The van der Waals surface area contributed by atoms with Crippen LogP contribution in [-0.2, 0) is 16.1 Å². The van der Waals surface area contributed by atoms with E-state index in [0.29, 0.717) is 18.0 Å². The summed E-state index contributed by atoms with van der Waals surface area (Å²) in [5.74, 6) is 1.38. The molecule has 0 aromatic heterocycles. The lowest BCUT2D eigenvalue weighted by Crippen LogP contribution is -2.49. The first-order valence-electron chi connectivity index (χ1n) is 10.9. The summed E-state index contributed by atoms with van der Waals surface area (Å²) in [7, 11) is 1.61. The first-order valence-corrected chi connectivity index (χ1v) is 12.3. The van der Waals surface area contributed by atoms with E-state index < -0.39 is 6.04 Å². The van der Waals surface area contributed by atoms with Gasteiger partial charge in [0.1, 0.15) is 11.8 Å². The van der Waals surface area contributed by atoms with Gasteiger partial charge in [-0.3, -0.25) is 9.59 Å². The monoisotopic (exact) mass is 476 g/mol. The van der Waals surface area contributed by atoms with Gasteiger partial charge in [-0.25, -0.2) is 0 Å². The van der Waals surface area contributed by atoms with Gasteiger partial charge in [0, 0.05) is 28.9 Å². The molecule has 0 saturated heterocycles. The highest BCUT2D eigenvalue weighted by molar-refractivity contribution is 7.99. The van der Waals surface area contributed by atoms with E-state index >= 15 is 0 Å². The van der Waals surface area contributed by atoms with Crippen molar-refractivity contribution < 1.29 is 14.3 Å². The van der Waals surface area contributed by atoms with Gasteiger partial charge in [0.2, 0.25) is 11.8 Å². The number of thioether (sulfide) groups is 1. The highest BCUT2D eigenvalue weighted by Gasteiger charge is 2.26. The molecule has 2 amide bonds. The van der Waals surface area contributed by atoms with E-state index in [4.69, 9.17) is 16.3 Å². The van der Waals surface area contributed by atoms with Crippen LogP contribution in [0, 0.1) is 0 Å². The summed E-state index contributed by atoms with van der Waals surface area (Å²) in [6.07, 6.45) is 1.94. The average Bonchev–Trinajstić information content (AvgIpc) is 2.80. The largest absolute Gasteiger partial charge is 0.497 e. The molecule has 2 unspecified atom stereocenters. The van der Waals surface area contributed by atoms with Crippen molar-refractivity contribution in [2.75, 3.05) is 12.9 Å². The fourth-order valence-electron chi connectivity index (χ4n) is 3.10. The normalized spacial score (nSPS) is 12.7. The summed E-state index contributed by atoms with van der Waals surface area (Å²) in [5, 5.41) is 3.70. The number of rotatable bonds is 12. The van der Waals surface area contributed by atoms with Crippen LogP contribution in [0.4, 0.5) is 0 Å². The molecule has 0 spiro atoms. The molecule has 0 bridgehead atoms. The van der Waals surface area contributed by atoms with Crippen LogP contribution in [0.15, 0.2) is 53.4 Å². The van der Waals surface area contributed by atoms with Crippen LogP contribution >= 0.6 is 23.4 Å². The van der Waals surface area contributed by atoms with Crippen molar-refractivity contribution in [2.24, 2.45) is 0 Å². The molecule has 2 atom stereocenters. The molecule has 0 aliphatic carbocycles. The number of carbonyl (C=O) groups excluding carboxylic acids is 2. The van der Waals surface area contributed by atoms with Crippen molar-refractivity contribution in [1.29, 1.82) is 0 Å². The summed E-state index contributed by atoms with van der Waals surface area (Å²) < 4.78 is 5.31. The summed E-state index contributed by atoms with van der Waals surface area (Å²) in [6, 6.07) is 14.8. The second kappa shape index (κ2) is 13.4. The highest BCUT2D eigenvalue weighted by atomic mass is 35.5. The van der Waals surface area contributed by atoms with E-state index in [1.54, 1.807) is 30.7 Å². The molecule has 1 N–H and O–H groups in total. The lowest BCUT2D eigenvalue weighted by atomic mass is 10.1. The van der Waals surface area contributed by atoms with Gasteiger partial charge in [0.25, 0.3) is 0 Å². The maximum atomic E-state index is 13.1. The Bertz CT molecular complexity index is 876. The van der Waals surface area contributed by atoms with E-state index in [0.717, 1.165) is 34.8 Å². The minimum atomic E-state index is -0.563. The smallest absolute Gasteiger partial charge is 0.242 e. The first-order chi connectivity index (χ1) is 15.3. The Balaban J connectivity index is 2.03. The number of hydrogen-bond donors (Lipinski definition) is 1. The number of benzene rings is 2. The Kier molecular flexibility index (Phi) is 10.9. The summed E-state index contributed by atoms with van der Waals surface area (Å²) in [6.45, 7) is 6.13. The van der Waals surface area contributed by atoms with Crippen molar-refractivity contribution in [1.82, 2.24) is 10.2 Å². The zero-order valence-corrected chi connectivity index (χ0v) is 20.8. The zero-order valence-electron chi connectivity index (χ0n) is 19.3. The third kappa shape index (κ3) is 8.40. The average molecular weight is 477 g/mol. The third-order valence-corrected chi connectivity index (χ3v) is 6.62. The Morgan fingerprint density at radius 1 is 1.16 bits per heavy atom. The molecule has 0 heterocycles. The van der Waals surface area contributed by atoms with Gasteiger partial charge in [-0.2, -0.15) is 0 Å². The molecular formula is C25H33ClN2O3S. The van der Waals surface area contributed by atoms with Gasteiger partial charge < -0.3 is 15.0 Å². The molecule has 0 radical (unpaired) electrons. The van der Waals surface area contributed by atoms with E-state index in [1.165, 1.54) is 0 Å². The predicted octanol–water partition coefficient (Wildman–Crippen LogP) is 5.55. The summed E-state index contributed by atoms with van der Waals surface area (Å²) >= 11 is 7.62. The lowest BCUT2D eigenvalue weighted by Gasteiger charge is -2.30. The Labute approximate surface area is 200 Å². The second-order valence-electron chi connectivity index (χ2n) is 7.77. The molecule has 0 aliphatic heterocycles. The van der Waals surface area contributed by atoms with E-state index in [2.05, 4.69) is 5.32 Å². The number of carbonyl (C=O) groups is 2. The van der Waals surface area contributed by atoms with Crippen molar-refractivity contribution in [3.63, 3.8) is 0 Å². The number of halogens is 1. The quantitative estimate of drug-likeness (QED) is 0.322. The number of nitrogens with zero attached hydrogens (tertiary/aromatic N) is 1. The molecule has 174 valence electrons. The minimum absolute atomic E-state index is 0.0312. The maximum Gasteiger partial charge on any atom is 0.242 e. The lowest BCUT2D eigenvalue weighted by molar-refractivity contribution is -0.140. The second-order valence-corrected chi connectivity index (χ2v) is 9.38.